The van der Waals surface area contributed by atoms with Crippen LogP contribution in [0.5, 0.6) is 0 Å². The van der Waals surface area contributed by atoms with Gasteiger partial charge in [0.2, 0.25) is 10.0 Å². The number of unbranched alkanes of at least 4 members (excludes halogenated alkanes) is 1. The summed E-state index contributed by atoms with van der Waals surface area (Å²) < 4.78 is 28.8. The Kier molecular flexibility index (Phi) is 6.86. The van der Waals surface area contributed by atoms with Crippen LogP contribution in [-0.2, 0) is 16.6 Å². The first-order valence-corrected chi connectivity index (χ1v) is 8.72. The molecule has 0 saturated carbocycles. The molecule has 0 aliphatic rings. The van der Waals surface area contributed by atoms with Crippen molar-refractivity contribution in [3.8, 4) is 0 Å². The van der Waals surface area contributed by atoms with Crippen LogP contribution in [0.4, 0.5) is 0 Å². The van der Waals surface area contributed by atoms with Gasteiger partial charge in [0.15, 0.2) is 0 Å². The van der Waals surface area contributed by atoms with Gasteiger partial charge in [-0.05, 0) is 53.4 Å². The van der Waals surface area contributed by atoms with Crippen LogP contribution in [0.15, 0.2) is 17.2 Å². The highest BCUT2D eigenvalue weighted by Crippen LogP contribution is 2.18. The molecule has 122 valence electrons. The van der Waals surface area contributed by atoms with Crippen LogP contribution in [0.2, 0.25) is 0 Å². The van der Waals surface area contributed by atoms with Crippen molar-refractivity contribution in [3.63, 3.8) is 0 Å². The number of aromatic nitrogens is 1. The summed E-state index contributed by atoms with van der Waals surface area (Å²) in [5.74, 6) is 0. The SMILES string of the molecule is CC(C)n1cc(S(=O)(=O)NCCCCN(C)C)cc1CO. The van der Waals surface area contributed by atoms with E-state index in [-0.39, 0.29) is 17.5 Å². The van der Waals surface area contributed by atoms with Crippen molar-refractivity contribution in [3.05, 3.63) is 18.0 Å². The molecule has 1 heterocycles. The van der Waals surface area contributed by atoms with Crippen molar-refractivity contribution >= 4 is 10.0 Å². The number of nitrogens with one attached hydrogen (secondary N) is 1. The number of sulfonamides is 1. The normalized spacial score (nSPS) is 12.5. The van der Waals surface area contributed by atoms with Gasteiger partial charge in [-0.15, -0.1) is 0 Å². The van der Waals surface area contributed by atoms with Gasteiger partial charge >= 0.3 is 0 Å². The summed E-state index contributed by atoms with van der Waals surface area (Å²) in [6, 6.07) is 1.64. The Morgan fingerprint density at radius 2 is 2.00 bits per heavy atom. The lowest BCUT2D eigenvalue weighted by molar-refractivity contribution is 0.268. The number of aliphatic hydroxyl groups is 1. The van der Waals surface area contributed by atoms with E-state index in [9.17, 15) is 13.5 Å². The molecule has 21 heavy (non-hydrogen) atoms. The first-order chi connectivity index (χ1) is 9.77. The van der Waals surface area contributed by atoms with Crippen molar-refractivity contribution < 1.29 is 13.5 Å². The average Bonchev–Trinajstić information content (AvgIpc) is 2.82. The molecule has 2 N–H and O–H groups in total. The smallest absolute Gasteiger partial charge is 0.242 e. The van der Waals surface area contributed by atoms with Crippen LogP contribution in [-0.4, -0.2) is 50.2 Å². The second kappa shape index (κ2) is 7.93. The second-order valence-corrected chi connectivity index (χ2v) is 7.50. The van der Waals surface area contributed by atoms with Gasteiger partial charge in [0, 0.05) is 24.5 Å². The number of rotatable bonds is 9. The Morgan fingerprint density at radius 3 is 2.48 bits per heavy atom. The fraction of sp³-hybridized carbons (Fsp3) is 0.714. The molecule has 0 fully saturated rings. The topological polar surface area (TPSA) is 74.6 Å². The first kappa shape index (κ1) is 18.2. The van der Waals surface area contributed by atoms with Crippen LogP contribution < -0.4 is 4.72 Å². The van der Waals surface area contributed by atoms with Gasteiger partial charge in [-0.25, -0.2) is 13.1 Å². The third-order valence-electron chi connectivity index (χ3n) is 3.26. The highest BCUT2D eigenvalue weighted by molar-refractivity contribution is 7.89. The van der Waals surface area contributed by atoms with Gasteiger partial charge in [0.05, 0.1) is 11.5 Å². The molecule has 1 aromatic rings. The summed E-state index contributed by atoms with van der Waals surface area (Å²) in [5.41, 5.74) is 0.609. The average molecular weight is 317 g/mol. The third-order valence-corrected chi connectivity index (χ3v) is 4.69. The highest BCUT2D eigenvalue weighted by Gasteiger charge is 2.18. The summed E-state index contributed by atoms with van der Waals surface area (Å²) >= 11 is 0. The van der Waals surface area contributed by atoms with Crippen LogP contribution in [0, 0.1) is 0 Å². The molecule has 0 unspecified atom stereocenters. The Bertz CT molecular complexity index is 536. The van der Waals surface area contributed by atoms with Crippen molar-refractivity contribution in [1.82, 2.24) is 14.2 Å². The molecule has 0 aliphatic heterocycles. The molecular weight excluding hydrogens is 290 g/mol. The molecule has 1 aromatic heterocycles. The van der Waals surface area contributed by atoms with Gasteiger partial charge in [-0.2, -0.15) is 0 Å². The second-order valence-electron chi connectivity index (χ2n) is 5.73. The Hall–Kier alpha value is -0.890. The lowest BCUT2D eigenvalue weighted by atomic mass is 10.3. The molecule has 6 nitrogen and oxygen atoms in total. The highest BCUT2D eigenvalue weighted by atomic mass is 32.2. The molecule has 0 amide bonds. The summed E-state index contributed by atoms with van der Waals surface area (Å²) in [4.78, 5) is 2.29. The molecule has 0 radical (unpaired) electrons. The van der Waals surface area contributed by atoms with E-state index in [0.29, 0.717) is 12.2 Å². The fourth-order valence-corrected chi connectivity index (χ4v) is 3.22. The number of hydrogen-bond donors (Lipinski definition) is 2. The molecule has 0 spiro atoms. The van der Waals surface area contributed by atoms with E-state index in [1.54, 1.807) is 10.8 Å². The third kappa shape index (κ3) is 5.43. The summed E-state index contributed by atoms with van der Waals surface area (Å²) in [7, 11) is 0.489. The zero-order valence-electron chi connectivity index (χ0n) is 13.3. The molecule has 7 heteroatoms. The number of aliphatic hydroxyl groups excluding tert-OH is 1. The van der Waals surface area contributed by atoms with Crippen molar-refractivity contribution in [2.75, 3.05) is 27.2 Å². The molecule has 0 aliphatic carbocycles. The van der Waals surface area contributed by atoms with E-state index in [0.717, 1.165) is 19.4 Å². The summed E-state index contributed by atoms with van der Waals surface area (Å²) in [5, 5.41) is 9.30. The molecule has 0 saturated heterocycles. The van der Waals surface area contributed by atoms with E-state index in [2.05, 4.69) is 9.62 Å². The number of hydrogen-bond acceptors (Lipinski definition) is 4. The predicted molar refractivity (Wildman–Crippen MR) is 83.7 cm³/mol. The van der Waals surface area contributed by atoms with E-state index >= 15 is 0 Å². The maximum absolute atomic E-state index is 12.2. The Labute approximate surface area is 127 Å². The first-order valence-electron chi connectivity index (χ1n) is 7.24. The molecule has 0 aromatic carbocycles. The number of nitrogens with zero attached hydrogens (tertiary/aromatic N) is 2. The van der Waals surface area contributed by atoms with Crippen LogP contribution in [0.1, 0.15) is 38.4 Å². The van der Waals surface area contributed by atoms with Gasteiger partial charge < -0.3 is 14.6 Å². The summed E-state index contributed by atoms with van der Waals surface area (Å²) in [6.07, 6.45) is 3.33. The lowest BCUT2D eigenvalue weighted by Gasteiger charge is -2.10. The standard InChI is InChI=1S/C14H27N3O3S/c1-12(2)17-10-14(9-13(17)11-18)21(19,20)15-7-5-6-8-16(3)4/h9-10,12,15,18H,5-8,11H2,1-4H3. The maximum atomic E-state index is 12.2. The minimum atomic E-state index is -3.50. The van der Waals surface area contributed by atoms with Crippen molar-refractivity contribution in [1.29, 1.82) is 0 Å². The van der Waals surface area contributed by atoms with Gasteiger partial charge in [-0.1, -0.05) is 0 Å². The van der Waals surface area contributed by atoms with Crippen molar-refractivity contribution in [2.45, 2.75) is 44.2 Å². The van der Waals surface area contributed by atoms with E-state index in [1.807, 2.05) is 27.9 Å². The van der Waals surface area contributed by atoms with Crippen LogP contribution in [0.25, 0.3) is 0 Å². The van der Waals surface area contributed by atoms with E-state index in [1.165, 1.54) is 6.07 Å². The van der Waals surface area contributed by atoms with Crippen LogP contribution in [0.3, 0.4) is 0 Å². The molecule has 0 atom stereocenters. The maximum Gasteiger partial charge on any atom is 0.242 e. The monoisotopic (exact) mass is 317 g/mol. The van der Waals surface area contributed by atoms with Crippen molar-refractivity contribution in [2.24, 2.45) is 0 Å². The zero-order valence-corrected chi connectivity index (χ0v) is 14.2. The quantitative estimate of drug-likeness (QED) is 0.671. The lowest BCUT2D eigenvalue weighted by Crippen LogP contribution is -2.25. The van der Waals surface area contributed by atoms with Gasteiger partial charge in [0.25, 0.3) is 0 Å². The molecule has 0 bridgehead atoms. The van der Waals surface area contributed by atoms with E-state index in [4.69, 9.17) is 0 Å². The summed E-state index contributed by atoms with van der Waals surface area (Å²) in [6.45, 7) is 5.10. The van der Waals surface area contributed by atoms with E-state index < -0.39 is 10.0 Å². The molecule has 1 rings (SSSR count). The Balaban J connectivity index is 2.66. The zero-order chi connectivity index (χ0) is 16.0. The van der Waals surface area contributed by atoms with Crippen LogP contribution >= 0.6 is 0 Å². The largest absolute Gasteiger partial charge is 0.390 e. The molecular formula is C14H27N3O3S. The minimum absolute atomic E-state index is 0.108. The fourth-order valence-electron chi connectivity index (χ4n) is 2.09. The Morgan fingerprint density at radius 1 is 1.33 bits per heavy atom. The van der Waals surface area contributed by atoms with Gasteiger partial charge in [0.1, 0.15) is 0 Å². The van der Waals surface area contributed by atoms with Gasteiger partial charge in [-0.3, -0.25) is 0 Å². The minimum Gasteiger partial charge on any atom is -0.390 e. The predicted octanol–water partition coefficient (Wildman–Crippen LogP) is 1.18.